The Bertz CT molecular complexity index is 273. The molecule has 72 valence electrons. The highest BCUT2D eigenvalue weighted by Gasteiger charge is 2.05. The number of pyridine rings is 1. The third kappa shape index (κ3) is 2.59. The van der Waals surface area contributed by atoms with Gasteiger partial charge in [-0.2, -0.15) is 0 Å². The van der Waals surface area contributed by atoms with Gasteiger partial charge in [0, 0.05) is 25.2 Å². The Balaban J connectivity index is 2.88. The van der Waals surface area contributed by atoms with Crippen LogP contribution in [0.15, 0.2) is 18.3 Å². The molecule has 0 aliphatic rings. The second kappa shape index (κ2) is 4.47. The predicted octanol–water partition coefficient (Wildman–Crippen LogP) is 2.67. The van der Waals surface area contributed by atoms with Gasteiger partial charge in [-0.15, -0.1) is 11.6 Å². The fourth-order valence-corrected chi connectivity index (χ4v) is 1.17. The first-order chi connectivity index (χ1) is 6.15. The monoisotopic (exact) mass is 198 g/mol. The largest absolute Gasteiger partial charge is 0.357 e. The van der Waals surface area contributed by atoms with E-state index in [1.54, 1.807) is 6.20 Å². The van der Waals surface area contributed by atoms with Crippen LogP contribution in [0.4, 0.5) is 5.82 Å². The lowest BCUT2D eigenvalue weighted by Crippen LogP contribution is -2.26. The number of alkyl halides is 1. The van der Waals surface area contributed by atoms with Crippen molar-refractivity contribution in [3.8, 4) is 0 Å². The summed E-state index contributed by atoms with van der Waals surface area (Å²) in [6.45, 7) is 4.27. The van der Waals surface area contributed by atoms with Gasteiger partial charge in [-0.1, -0.05) is 0 Å². The molecule has 0 amide bonds. The highest BCUT2D eigenvalue weighted by molar-refractivity contribution is 6.17. The Hall–Kier alpha value is -0.760. The topological polar surface area (TPSA) is 16.1 Å². The molecule has 0 N–H and O–H groups in total. The number of rotatable bonds is 3. The minimum Gasteiger partial charge on any atom is -0.357 e. The predicted molar refractivity (Wildman–Crippen MR) is 57.3 cm³/mol. The highest BCUT2D eigenvalue weighted by Crippen LogP contribution is 2.14. The van der Waals surface area contributed by atoms with Crippen LogP contribution in [0.1, 0.15) is 19.4 Å². The van der Waals surface area contributed by atoms with E-state index in [0.29, 0.717) is 11.9 Å². The summed E-state index contributed by atoms with van der Waals surface area (Å²) in [5, 5.41) is 0. The smallest absolute Gasteiger partial charge is 0.128 e. The van der Waals surface area contributed by atoms with Gasteiger partial charge in [0.25, 0.3) is 0 Å². The number of hydrogen-bond acceptors (Lipinski definition) is 2. The van der Waals surface area contributed by atoms with E-state index < -0.39 is 0 Å². The summed E-state index contributed by atoms with van der Waals surface area (Å²) < 4.78 is 0. The van der Waals surface area contributed by atoms with Gasteiger partial charge < -0.3 is 4.90 Å². The van der Waals surface area contributed by atoms with Crippen LogP contribution in [0.5, 0.6) is 0 Å². The summed E-state index contributed by atoms with van der Waals surface area (Å²) in [7, 11) is 2.03. The van der Waals surface area contributed by atoms with E-state index in [9.17, 15) is 0 Å². The Morgan fingerprint density at radius 1 is 1.54 bits per heavy atom. The lowest BCUT2D eigenvalue weighted by Gasteiger charge is -2.22. The average Bonchev–Trinajstić information content (AvgIpc) is 2.16. The fourth-order valence-electron chi connectivity index (χ4n) is 1.00. The molecule has 1 heterocycles. The van der Waals surface area contributed by atoms with Gasteiger partial charge in [0.1, 0.15) is 5.82 Å². The lowest BCUT2D eigenvalue weighted by molar-refractivity contribution is 0.743. The van der Waals surface area contributed by atoms with Crippen LogP contribution in [0.3, 0.4) is 0 Å². The van der Waals surface area contributed by atoms with Gasteiger partial charge in [-0.25, -0.2) is 4.98 Å². The SMILES string of the molecule is CC(C)N(C)c1cc(CCl)ccn1. The molecule has 3 heteroatoms. The van der Waals surface area contributed by atoms with E-state index in [2.05, 4.69) is 23.7 Å². The van der Waals surface area contributed by atoms with Crippen molar-refractivity contribution in [3.05, 3.63) is 23.9 Å². The first-order valence-electron chi connectivity index (χ1n) is 4.39. The Labute approximate surface area is 84.5 Å². The molecular weight excluding hydrogens is 184 g/mol. The second-order valence-corrected chi connectivity index (χ2v) is 3.63. The summed E-state index contributed by atoms with van der Waals surface area (Å²) in [6, 6.07) is 4.41. The highest BCUT2D eigenvalue weighted by atomic mass is 35.5. The van der Waals surface area contributed by atoms with Crippen molar-refractivity contribution in [2.24, 2.45) is 0 Å². The number of halogens is 1. The molecule has 0 bridgehead atoms. The van der Waals surface area contributed by atoms with Crippen LogP contribution in [0.25, 0.3) is 0 Å². The van der Waals surface area contributed by atoms with Crippen molar-refractivity contribution in [2.45, 2.75) is 25.8 Å². The molecular formula is C10H15ClN2. The summed E-state index contributed by atoms with van der Waals surface area (Å²) in [5.41, 5.74) is 1.11. The first-order valence-corrected chi connectivity index (χ1v) is 4.92. The molecule has 0 aliphatic carbocycles. The van der Waals surface area contributed by atoms with Crippen molar-refractivity contribution < 1.29 is 0 Å². The van der Waals surface area contributed by atoms with Crippen molar-refractivity contribution in [2.75, 3.05) is 11.9 Å². The van der Waals surface area contributed by atoms with Crippen LogP contribution < -0.4 is 4.90 Å². The maximum atomic E-state index is 5.74. The molecule has 0 atom stereocenters. The molecule has 0 radical (unpaired) electrons. The van der Waals surface area contributed by atoms with E-state index in [1.165, 1.54) is 0 Å². The van der Waals surface area contributed by atoms with Crippen molar-refractivity contribution in [1.29, 1.82) is 0 Å². The zero-order valence-electron chi connectivity index (χ0n) is 8.29. The quantitative estimate of drug-likeness (QED) is 0.695. The van der Waals surface area contributed by atoms with E-state index in [4.69, 9.17) is 11.6 Å². The van der Waals surface area contributed by atoms with Gasteiger partial charge in [-0.3, -0.25) is 0 Å². The maximum absolute atomic E-state index is 5.74. The Morgan fingerprint density at radius 2 is 2.23 bits per heavy atom. The summed E-state index contributed by atoms with van der Waals surface area (Å²) in [5.74, 6) is 1.52. The molecule has 0 unspecified atom stereocenters. The van der Waals surface area contributed by atoms with Crippen LogP contribution in [0, 0.1) is 0 Å². The maximum Gasteiger partial charge on any atom is 0.128 e. The molecule has 0 aliphatic heterocycles. The van der Waals surface area contributed by atoms with Crippen LogP contribution in [-0.2, 0) is 5.88 Å². The molecule has 0 spiro atoms. The fraction of sp³-hybridized carbons (Fsp3) is 0.500. The molecule has 0 aromatic carbocycles. The molecule has 0 saturated carbocycles. The van der Waals surface area contributed by atoms with Crippen molar-refractivity contribution in [1.82, 2.24) is 4.98 Å². The number of hydrogen-bond donors (Lipinski definition) is 0. The van der Waals surface area contributed by atoms with Crippen molar-refractivity contribution in [3.63, 3.8) is 0 Å². The molecule has 2 nitrogen and oxygen atoms in total. The lowest BCUT2D eigenvalue weighted by atomic mass is 10.2. The number of nitrogens with zero attached hydrogens (tertiary/aromatic N) is 2. The van der Waals surface area contributed by atoms with Crippen molar-refractivity contribution >= 4 is 17.4 Å². The summed E-state index contributed by atoms with van der Waals surface area (Å²) >= 11 is 5.74. The Morgan fingerprint density at radius 3 is 2.77 bits per heavy atom. The first kappa shape index (κ1) is 10.3. The number of anilines is 1. The molecule has 1 aromatic heterocycles. The Kier molecular flexibility index (Phi) is 3.55. The minimum atomic E-state index is 0.457. The van der Waals surface area contributed by atoms with Gasteiger partial charge in [0.05, 0.1) is 0 Å². The third-order valence-electron chi connectivity index (χ3n) is 2.10. The van der Waals surface area contributed by atoms with Gasteiger partial charge >= 0.3 is 0 Å². The third-order valence-corrected chi connectivity index (χ3v) is 2.41. The normalized spacial score (nSPS) is 10.5. The molecule has 0 fully saturated rings. The van der Waals surface area contributed by atoms with E-state index in [1.807, 2.05) is 19.2 Å². The zero-order chi connectivity index (χ0) is 9.84. The average molecular weight is 199 g/mol. The van der Waals surface area contributed by atoms with E-state index >= 15 is 0 Å². The van der Waals surface area contributed by atoms with E-state index in [0.717, 1.165) is 11.4 Å². The van der Waals surface area contributed by atoms with Crippen LogP contribution in [0.2, 0.25) is 0 Å². The molecule has 0 saturated heterocycles. The van der Waals surface area contributed by atoms with Gasteiger partial charge in [0.2, 0.25) is 0 Å². The van der Waals surface area contributed by atoms with E-state index in [-0.39, 0.29) is 0 Å². The summed E-state index contributed by atoms with van der Waals surface area (Å²) in [6.07, 6.45) is 1.80. The number of aromatic nitrogens is 1. The molecule has 13 heavy (non-hydrogen) atoms. The van der Waals surface area contributed by atoms with Crippen LogP contribution in [-0.4, -0.2) is 18.1 Å². The van der Waals surface area contributed by atoms with Gasteiger partial charge in [-0.05, 0) is 31.5 Å². The molecule has 1 aromatic rings. The minimum absolute atomic E-state index is 0.457. The summed E-state index contributed by atoms with van der Waals surface area (Å²) in [4.78, 5) is 6.40. The second-order valence-electron chi connectivity index (χ2n) is 3.36. The zero-order valence-corrected chi connectivity index (χ0v) is 9.04. The standard InChI is InChI=1S/C10H15ClN2/c1-8(2)13(3)10-6-9(7-11)4-5-12-10/h4-6,8H,7H2,1-3H3. The van der Waals surface area contributed by atoms with Crippen LogP contribution >= 0.6 is 11.6 Å². The van der Waals surface area contributed by atoms with Gasteiger partial charge in [0.15, 0.2) is 0 Å². The molecule has 1 rings (SSSR count).